The van der Waals surface area contributed by atoms with E-state index in [1.807, 2.05) is 0 Å². The monoisotopic (exact) mass is 264 g/mol. The van der Waals surface area contributed by atoms with Gasteiger partial charge in [0.15, 0.2) is 0 Å². The Kier molecular flexibility index (Phi) is 4.53. The fourth-order valence-corrected chi connectivity index (χ4v) is 2.76. The van der Waals surface area contributed by atoms with Crippen LogP contribution in [0.1, 0.15) is 37.7 Å². The first-order chi connectivity index (χ1) is 9.18. The standard InChI is InChI=1S/C15H21FN2O/c16-13-7-3-2-6-12(13)10-18-14(19)15(11-17)8-4-1-5-9-15/h2-3,6-7H,1,4-5,8-11,17H2,(H,18,19). The molecule has 0 radical (unpaired) electrons. The number of hydrogen-bond acceptors (Lipinski definition) is 2. The van der Waals surface area contributed by atoms with Gasteiger partial charge in [-0.2, -0.15) is 0 Å². The second-order valence-corrected chi connectivity index (χ2v) is 5.32. The van der Waals surface area contributed by atoms with Crippen molar-refractivity contribution in [2.45, 2.75) is 38.6 Å². The molecule has 19 heavy (non-hydrogen) atoms. The van der Waals surface area contributed by atoms with Crippen LogP contribution in [0.5, 0.6) is 0 Å². The zero-order valence-corrected chi connectivity index (χ0v) is 11.1. The van der Waals surface area contributed by atoms with Gasteiger partial charge in [-0.25, -0.2) is 4.39 Å². The molecule has 1 aliphatic rings. The Morgan fingerprint density at radius 3 is 2.58 bits per heavy atom. The maximum atomic E-state index is 13.5. The molecule has 1 amide bonds. The molecule has 2 rings (SSSR count). The highest BCUT2D eigenvalue weighted by molar-refractivity contribution is 5.83. The molecule has 0 unspecified atom stereocenters. The molecule has 0 saturated heterocycles. The smallest absolute Gasteiger partial charge is 0.227 e. The fraction of sp³-hybridized carbons (Fsp3) is 0.533. The normalized spacial score (nSPS) is 18.0. The van der Waals surface area contributed by atoms with E-state index in [0.29, 0.717) is 12.1 Å². The van der Waals surface area contributed by atoms with Crippen molar-refractivity contribution in [3.05, 3.63) is 35.6 Å². The van der Waals surface area contributed by atoms with Gasteiger partial charge >= 0.3 is 0 Å². The molecule has 0 atom stereocenters. The number of amides is 1. The summed E-state index contributed by atoms with van der Waals surface area (Å²) in [5.74, 6) is -0.314. The molecule has 1 saturated carbocycles. The van der Waals surface area contributed by atoms with Gasteiger partial charge in [0.05, 0.1) is 5.41 Å². The molecule has 0 spiro atoms. The second-order valence-electron chi connectivity index (χ2n) is 5.32. The highest BCUT2D eigenvalue weighted by Gasteiger charge is 2.37. The van der Waals surface area contributed by atoms with E-state index in [4.69, 9.17) is 5.73 Å². The number of rotatable bonds is 4. The summed E-state index contributed by atoms with van der Waals surface area (Å²) in [5.41, 5.74) is 5.87. The minimum Gasteiger partial charge on any atom is -0.351 e. The van der Waals surface area contributed by atoms with Crippen LogP contribution >= 0.6 is 0 Å². The van der Waals surface area contributed by atoms with E-state index >= 15 is 0 Å². The van der Waals surface area contributed by atoms with Gasteiger partial charge < -0.3 is 11.1 Å². The number of halogens is 1. The lowest BCUT2D eigenvalue weighted by molar-refractivity contribution is -0.132. The number of nitrogens with two attached hydrogens (primary N) is 1. The molecule has 1 aromatic rings. The summed E-state index contributed by atoms with van der Waals surface area (Å²) in [5, 5.41) is 2.84. The van der Waals surface area contributed by atoms with Crippen LogP contribution in [0.3, 0.4) is 0 Å². The van der Waals surface area contributed by atoms with Crippen molar-refractivity contribution in [3.63, 3.8) is 0 Å². The molecule has 0 heterocycles. The van der Waals surface area contributed by atoms with Crippen molar-refractivity contribution in [1.29, 1.82) is 0 Å². The van der Waals surface area contributed by atoms with Crippen molar-refractivity contribution in [3.8, 4) is 0 Å². The van der Waals surface area contributed by atoms with Gasteiger partial charge in [-0.3, -0.25) is 4.79 Å². The average Bonchev–Trinajstić information content (AvgIpc) is 2.46. The van der Waals surface area contributed by atoms with Crippen LogP contribution in [-0.4, -0.2) is 12.5 Å². The second kappa shape index (κ2) is 6.15. The fourth-order valence-electron chi connectivity index (χ4n) is 2.76. The largest absolute Gasteiger partial charge is 0.351 e. The highest BCUT2D eigenvalue weighted by atomic mass is 19.1. The summed E-state index contributed by atoms with van der Waals surface area (Å²) in [4.78, 5) is 12.3. The first kappa shape index (κ1) is 14.0. The van der Waals surface area contributed by atoms with Crippen molar-refractivity contribution in [2.24, 2.45) is 11.1 Å². The summed E-state index contributed by atoms with van der Waals surface area (Å²) >= 11 is 0. The molecule has 0 aromatic heterocycles. The van der Waals surface area contributed by atoms with E-state index in [-0.39, 0.29) is 18.3 Å². The van der Waals surface area contributed by atoms with E-state index < -0.39 is 5.41 Å². The summed E-state index contributed by atoms with van der Waals surface area (Å²) in [6, 6.07) is 6.50. The number of hydrogen-bond donors (Lipinski definition) is 2. The third kappa shape index (κ3) is 3.13. The molecule has 0 aliphatic heterocycles. The van der Waals surface area contributed by atoms with E-state index in [1.54, 1.807) is 18.2 Å². The van der Waals surface area contributed by atoms with Crippen LogP contribution < -0.4 is 11.1 Å². The first-order valence-corrected chi connectivity index (χ1v) is 6.90. The van der Waals surface area contributed by atoms with Gasteiger partial charge in [-0.15, -0.1) is 0 Å². The van der Waals surface area contributed by atoms with Gasteiger partial charge in [0.2, 0.25) is 5.91 Å². The number of nitrogens with one attached hydrogen (secondary N) is 1. The lowest BCUT2D eigenvalue weighted by Crippen LogP contribution is -2.46. The minimum atomic E-state index is -0.441. The molecule has 104 valence electrons. The quantitative estimate of drug-likeness (QED) is 0.877. The molecule has 0 bridgehead atoms. The van der Waals surface area contributed by atoms with Crippen molar-refractivity contribution >= 4 is 5.91 Å². The Bertz CT molecular complexity index is 442. The Balaban J connectivity index is 1.98. The Labute approximate surface area is 113 Å². The third-order valence-corrected chi connectivity index (χ3v) is 4.08. The predicted octanol–water partition coefficient (Wildman–Crippen LogP) is 2.35. The molecule has 3 N–H and O–H groups in total. The minimum absolute atomic E-state index is 0.0297. The topological polar surface area (TPSA) is 55.1 Å². The maximum absolute atomic E-state index is 13.5. The predicted molar refractivity (Wildman–Crippen MR) is 72.8 cm³/mol. The van der Waals surface area contributed by atoms with Gasteiger partial charge in [0.25, 0.3) is 0 Å². The zero-order chi connectivity index (χ0) is 13.7. The van der Waals surface area contributed by atoms with Gasteiger partial charge in [-0.05, 0) is 18.9 Å². The summed E-state index contributed by atoms with van der Waals surface area (Å²) < 4.78 is 13.5. The van der Waals surface area contributed by atoms with Gasteiger partial charge in [-0.1, -0.05) is 37.5 Å². The number of carbonyl (C=O) groups is 1. The van der Waals surface area contributed by atoms with Crippen LogP contribution in [0.2, 0.25) is 0 Å². The highest BCUT2D eigenvalue weighted by Crippen LogP contribution is 2.35. The maximum Gasteiger partial charge on any atom is 0.227 e. The zero-order valence-electron chi connectivity index (χ0n) is 11.1. The van der Waals surface area contributed by atoms with Crippen LogP contribution in [-0.2, 0) is 11.3 Å². The Hall–Kier alpha value is -1.42. The molecule has 1 aliphatic carbocycles. The van der Waals surface area contributed by atoms with Crippen molar-refractivity contribution in [1.82, 2.24) is 5.32 Å². The molecule has 4 heteroatoms. The molecule has 3 nitrogen and oxygen atoms in total. The first-order valence-electron chi connectivity index (χ1n) is 6.90. The number of benzene rings is 1. The lowest BCUT2D eigenvalue weighted by atomic mass is 9.73. The molecular formula is C15H21FN2O. The van der Waals surface area contributed by atoms with Gasteiger partial charge in [0.1, 0.15) is 5.82 Å². The Morgan fingerprint density at radius 2 is 1.95 bits per heavy atom. The van der Waals surface area contributed by atoms with Crippen molar-refractivity contribution < 1.29 is 9.18 Å². The van der Waals surface area contributed by atoms with Gasteiger partial charge in [0, 0.05) is 18.7 Å². The molecular weight excluding hydrogens is 243 g/mol. The number of carbonyl (C=O) groups excluding carboxylic acids is 1. The van der Waals surface area contributed by atoms with E-state index in [2.05, 4.69) is 5.32 Å². The van der Waals surface area contributed by atoms with Crippen LogP contribution in [0.25, 0.3) is 0 Å². The van der Waals surface area contributed by atoms with Crippen LogP contribution in [0.15, 0.2) is 24.3 Å². The molecule has 1 fully saturated rings. The SMILES string of the molecule is NCC1(C(=O)NCc2ccccc2F)CCCCC1. The van der Waals surface area contributed by atoms with E-state index in [9.17, 15) is 9.18 Å². The Morgan fingerprint density at radius 1 is 1.26 bits per heavy atom. The van der Waals surface area contributed by atoms with Crippen LogP contribution in [0.4, 0.5) is 4.39 Å². The molecule has 1 aromatic carbocycles. The average molecular weight is 264 g/mol. The summed E-state index contributed by atoms with van der Waals surface area (Å²) in [6.45, 7) is 0.601. The van der Waals surface area contributed by atoms with E-state index in [1.165, 1.54) is 12.5 Å². The van der Waals surface area contributed by atoms with Crippen molar-refractivity contribution in [2.75, 3.05) is 6.54 Å². The summed E-state index contributed by atoms with van der Waals surface area (Å²) in [6.07, 6.45) is 4.94. The third-order valence-electron chi connectivity index (χ3n) is 4.08. The lowest BCUT2D eigenvalue weighted by Gasteiger charge is -2.34. The van der Waals surface area contributed by atoms with Crippen LogP contribution in [0, 0.1) is 11.2 Å². The summed E-state index contributed by atoms with van der Waals surface area (Å²) in [7, 11) is 0. The van der Waals surface area contributed by atoms with E-state index in [0.717, 1.165) is 25.7 Å².